The molecule has 32 heavy (non-hydrogen) atoms. The van der Waals surface area contributed by atoms with Gasteiger partial charge in [-0.25, -0.2) is 0 Å². The normalized spacial score (nSPS) is 11.2. The van der Waals surface area contributed by atoms with Gasteiger partial charge in [-0.1, -0.05) is 37.7 Å². The van der Waals surface area contributed by atoms with Crippen LogP contribution in [0.5, 0.6) is 0 Å². The van der Waals surface area contributed by atoms with Crippen LogP contribution >= 0.6 is 11.8 Å². The lowest BCUT2D eigenvalue weighted by atomic mass is 10.1. The first-order valence-electron chi connectivity index (χ1n) is 10.3. The van der Waals surface area contributed by atoms with Crippen LogP contribution in [0.1, 0.15) is 25.8 Å². The summed E-state index contributed by atoms with van der Waals surface area (Å²) in [6.45, 7) is 4.77. The van der Waals surface area contributed by atoms with Crippen molar-refractivity contribution in [2.75, 3.05) is 11.1 Å². The number of amides is 1. The molecule has 0 aliphatic carbocycles. The summed E-state index contributed by atoms with van der Waals surface area (Å²) in [6.07, 6.45) is 0.843. The number of para-hydroxylation sites is 1. The van der Waals surface area contributed by atoms with E-state index >= 15 is 0 Å². The number of nitriles is 1. The highest BCUT2D eigenvalue weighted by atomic mass is 32.2. The van der Waals surface area contributed by atoms with Gasteiger partial charge < -0.3 is 5.32 Å². The molecule has 1 amide bonds. The fourth-order valence-corrected chi connectivity index (χ4v) is 4.11. The zero-order valence-corrected chi connectivity index (χ0v) is 18.6. The van der Waals surface area contributed by atoms with E-state index in [-0.39, 0.29) is 17.2 Å². The maximum Gasteiger partial charge on any atom is 0.262 e. The highest BCUT2D eigenvalue weighted by Gasteiger charge is 2.17. The average molecular weight is 447 g/mol. The Hall–Kier alpha value is -3.64. The molecule has 0 saturated heterocycles. The van der Waals surface area contributed by atoms with Gasteiger partial charge in [-0.05, 0) is 48.7 Å². The summed E-state index contributed by atoms with van der Waals surface area (Å²) in [5.74, 6) is 0.842. The van der Waals surface area contributed by atoms with E-state index in [2.05, 4.69) is 29.4 Å². The van der Waals surface area contributed by atoms with Gasteiger partial charge in [0.25, 0.3) is 5.56 Å². The number of benzene rings is 2. The van der Waals surface area contributed by atoms with Crippen LogP contribution in [-0.4, -0.2) is 30.8 Å². The first-order chi connectivity index (χ1) is 15.5. The van der Waals surface area contributed by atoms with E-state index < -0.39 is 0 Å². The first kappa shape index (κ1) is 21.6. The van der Waals surface area contributed by atoms with Crippen LogP contribution in [0.2, 0.25) is 0 Å². The lowest BCUT2D eigenvalue weighted by Gasteiger charge is -2.12. The number of hydrogen-bond donors (Lipinski definition) is 1. The molecule has 2 heterocycles. The number of carbonyl (C=O) groups is 1. The van der Waals surface area contributed by atoms with E-state index in [0.29, 0.717) is 45.6 Å². The van der Waals surface area contributed by atoms with Crippen molar-refractivity contribution in [1.29, 1.82) is 5.26 Å². The molecule has 0 aliphatic rings. The Kier molecular flexibility index (Phi) is 6.23. The Balaban J connectivity index is 1.62. The molecule has 0 bridgehead atoms. The van der Waals surface area contributed by atoms with Crippen molar-refractivity contribution in [2.45, 2.75) is 32.0 Å². The number of hydrogen-bond acceptors (Lipinski definition) is 6. The minimum atomic E-state index is -0.200. The summed E-state index contributed by atoms with van der Waals surface area (Å²) in [6, 6.07) is 16.1. The zero-order valence-electron chi connectivity index (χ0n) is 17.8. The Labute approximate surface area is 188 Å². The largest absolute Gasteiger partial charge is 0.325 e. The van der Waals surface area contributed by atoms with Gasteiger partial charge in [0.1, 0.15) is 0 Å². The van der Waals surface area contributed by atoms with Gasteiger partial charge in [-0.15, -0.1) is 10.2 Å². The molecule has 0 saturated carbocycles. The number of nitrogens with zero attached hydrogens (tertiary/aromatic N) is 5. The van der Waals surface area contributed by atoms with Crippen molar-refractivity contribution in [2.24, 2.45) is 5.92 Å². The number of anilines is 1. The van der Waals surface area contributed by atoms with Crippen LogP contribution in [0.15, 0.2) is 58.5 Å². The van der Waals surface area contributed by atoms with E-state index in [4.69, 9.17) is 5.26 Å². The van der Waals surface area contributed by atoms with E-state index in [0.717, 1.165) is 6.42 Å². The third-order valence-electron chi connectivity index (χ3n) is 5.04. The van der Waals surface area contributed by atoms with Crippen LogP contribution in [0.25, 0.3) is 16.7 Å². The maximum absolute atomic E-state index is 13.1. The van der Waals surface area contributed by atoms with Gasteiger partial charge in [0.2, 0.25) is 11.7 Å². The van der Waals surface area contributed by atoms with E-state index in [1.54, 1.807) is 34.9 Å². The molecule has 162 valence electrons. The Morgan fingerprint density at radius 3 is 2.62 bits per heavy atom. The second kappa shape index (κ2) is 9.24. The van der Waals surface area contributed by atoms with Crippen LogP contribution in [0.4, 0.5) is 5.69 Å². The molecule has 4 rings (SSSR count). The number of aryl methyl sites for hydroxylation is 1. The lowest BCUT2D eigenvalue weighted by molar-refractivity contribution is -0.113. The first-order valence-corrected chi connectivity index (χ1v) is 11.3. The minimum Gasteiger partial charge on any atom is -0.325 e. The molecule has 0 fully saturated rings. The Morgan fingerprint density at radius 1 is 1.16 bits per heavy atom. The number of nitrogens with one attached hydrogen (secondary N) is 1. The highest BCUT2D eigenvalue weighted by molar-refractivity contribution is 7.99. The molecule has 0 spiro atoms. The van der Waals surface area contributed by atoms with Crippen LogP contribution in [0, 0.1) is 17.2 Å². The van der Waals surface area contributed by atoms with Crippen molar-refractivity contribution >= 4 is 40.0 Å². The van der Waals surface area contributed by atoms with Gasteiger partial charge in [-0.2, -0.15) is 5.26 Å². The maximum atomic E-state index is 13.1. The minimum absolute atomic E-state index is 0.0868. The predicted molar refractivity (Wildman–Crippen MR) is 125 cm³/mol. The molecule has 0 unspecified atom stereocenters. The molecule has 9 heteroatoms. The Morgan fingerprint density at radius 2 is 1.91 bits per heavy atom. The summed E-state index contributed by atoms with van der Waals surface area (Å²) in [7, 11) is 0. The van der Waals surface area contributed by atoms with Crippen LogP contribution < -0.4 is 10.9 Å². The zero-order chi connectivity index (χ0) is 22.7. The average Bonchev–Trinajstić information content (AvgIpc) is 3.22. The highest BCUT2D eigenvalue weighted by Crippen LogP contribution is 2.22. The fraction of sp³-hybridized carbons (Fsp3) is 0.261. The van der Waals surface area contributed by atoms with Gasteiger partial charge >= 0.3 is 0 Å². The number of carbonyl (C=O) groups excluding carboxylic acids is 1. The second-order valence-corrected chi connectivity index (χ2v) is 8.74. The number of fused-ring (bicyclic) bond motifs is 3. The summed E-state index contributed by atoms with van der Waals surface area (Å²) in [5, 5.41) is 21.4. The van der Waals surface area contributed by atoms with Crippen molar-refractivity contribution in [1.82, 2.24) is 19.2 Å². The summed E-state index contributed by atoms with van der Waals surface area (Å²) >= 11 is 1.25. The molecule has 2 aromatic carbocycles. The number of rotatable bonds is 7. The topological polar surface area (TPSA) is 105 Å². The van der Waals surface area contributed by atoms with Gasteiger partial charge in [-0.3, -0.25) is 18.6 Å². The standard InChI is InChI=1S/C23H22N6O2S/c1-15(2)11-12-28-21(31)18-5-3-4-6-19(18)29-22(28)26-27-23(29)32-14-20(30)25-17-9-7-16(13-24)8-10-17/h3-10,15H,11-12,14H2,1-2H3,(H,25,30). The summed E-state index contributed by atoms with van der Waals surface area (Å²) < 4.78 is 3.51. The summed E-state index contributed by atoms with van der Waals surface area (Å²) in [5.41, 5.74) is 1.78. The van der Waals surface area contributed by atoms with Crippen molar-refractivity contribution in [3.8, 4) is 6.07 Å². The molecule has 2 aromatic heterocycles. The molecule has 0 atom stereocenters. The molecule has 4 aromatic rings. The molecule has 1 N–H and O–H groups in total. The lowest BCUT2D eigenvalue weighted by Crippen LogP contribution is -2.24. The summed E-state index contributed by atoms with van der Waals surface area (Å²) in [4.78, 5) is 25.5. The van der Waals surface area contributed by atoms with E-state index in [9.17, 15) is 9.59 Å². The van der Waals surface area contributed by atoms with Gasteiger partial charge in [0, 0.05) is 12.2 Å². The van der Waals surface area contributed by atoms with Crippen molar-refractivity contribution < 1.29 is 4.79 Å². The third kappa shape index (κ3) is 4.36. The van der Waals surface area contributed by atoms with Gasteiger partial charge in [0.15, 0.2) is 5.16 Å². The smallest absolute Gasteiger partial charge is 0.262 e. The molecular weight excluding hydrogens is 424 g/mol. The second-order valence-electron chi connectivity index (χ2n) is 7.80. The number of thioether (sulfide) groups is 1. The molecule has 0 radical (unpaired) electrons. The van der Waals surface area contributed by atoms with E-state index in [1.807, 2.05) is 28.7 Å². The predicted octanol–water partition coefficient (Wildman–Crippen LogP) is 3.69. The number of aromatic nitrogens is 4. The third-order valence-corrected chi connectivity index (χ3v) is 5.97. The van der Waals surface area contributed by atoms with Crippen LogP contribution in [-0.2, 0) is 11.3 Å². The van der Waals surface area contributed by atoms with Crippen LogP contribution in [0.3, 0.4) is 0 Å². The fourth-order valence-electron chi connectivity index (χ4n) is 3.37. The van der Waals surface area contributed by atoms with Crippen molar-refractivity contribution in [3.05, 3.63) is 64.4 Å². The quantitative estimate of drug-likeness (QED) is 0.434. The monoisotopic (exact) mass is 446 g/mol. The molecular formula is C23H22N6O2S. The Bertz CT molecular complexity index is 1380. The molecule has 0 aliphatic heterocycles. The van der Waals surface area contributed by atoms with Gasteiger partial charge in [0.05, 0.1) is 28.3 Å². The van der Waals surface area contributed by atoms with E-state index in [1.165, 1.54) is 11.8 Å². The molecule has 8 nitrogen and oxygen atoms in total. The SMILES string of the molecule is CC(C)CCn1c(=O)c2ccccc2n2c(SCC(=O)Nc3ccc(C#N)cc3)nnc12. The van der Waals surface area contributed by atoms with Crippen molar-refractivity contribution in [3.63, 3.8) is 0 Å².